The predicted octanol–water partition coefficient (Wildman–Crippen LogP) is 2.32. The Kier molecular flexibility index (Phi) is 6.66. The number of nitrogens with one attached hydrogen (secondary N) is 1. The fourth-order valence-corrected chi connectivity index (χ4v) is 3.72. The van der Waals surface area contributed by atoms with E-state index < -0.39 is 10.0 Å². The minimum absolute atomic E-state index is 0.00335. The lowest BCUT2D eigenvalue weighted by Gasteiger charge is -2.21. The fourth-order valence-electron chi connectivity index (χ4n) is 3.21. The van der Waals surface area contributed by atoms with Gasteiger partial charge in [-0.2, -0.15) is 0 Å². The van der Waals surface area contributed by atoms with Crippen LogP contribution in [0.2, 0.25) is 0 Å². The average Bonchev–Trinajstić information content (AvgIpc) is 2.73. The molecule has 0 saturated heterocycles. The van der Waals surface area contributed by atoms with E-state index in [1.54, 1.807) is 0 Å². The van der Waals surface area contributed by atoms with Gasteiger partial charge in [0, 0.05) is 16.8 Å². The zero-order valence-corrected chi connectivity index (χ0v) is 17.8. The summed E-state index contributed by atoms with van der Waals surface area (Å²) in [5.41, 5.74) is 3.92. The van der Waals surface area contributed by atoms with E-state index in [0.717, 1.165) is 11.1 Å². The van der Waals surface area contributed by atoms with Crippen molar-refractivity contribution in [3.05, 3.63) is 95.6 Å². The molecule has 0 spiro atoms. The number of quaternary nitrogens is 1. The number of hydrogen-bond donors (Lipinski definition) is 3. The molecule has 3 aromatic rings. The van der Waals surface area contributed by atoms with Crippen molar-refractivity contribution < 1.29 is 18.5 Å². The lowest BCUT2D eigenvalue weighted by molar-refractivity contribution is -0.704. The van der Waals surface area contributed by atoms with Crippen molar-refractivity contribution in [1.82, 2.24) is 0 Å². The minimum atomic E-state index is -3.76. The van der Waals surface area contributed by atoms with Gasteiger partial charge < -0.3 is 10.6 Å². The molecular weight excluding hydrogens is 398 g/mol. The molecule has 7 heteroatoms. The topological polar surface area (TPSA) is 106 Å². The third-order valence-corrected chi connectivity index (χ3v) is 5.87. The van der Waals surface area contributed by atoms with Gasteiger partial charge in [0.05, 0.1) is 4.90 Å². The quantitative estimate of drug-likeness (QED) is 0.542. The van der Waals surface area contributed by atoms with Gasteiger partial charge >= 0.3 is 0 Å². The number of primary sulfonamides is 1. The predicted molar refractivity (Wildman–Crippen MR) is 117 cm³/mol. The van der Waals surface area contributed by atoms with Gasteiger partial charge in [-0.25, -0.2) is 13.6 Å². The van der Waals surface area contributed by atoms with E-state index in [-0.39, 0.29) is 22.9 Å². The van der Waals surface area contributed by atoms with Crippen LogP contribution in [0.3, 0.4) is 0 Å². The number of aryl methyl sites for hydroxylation is 1. The van der Waals surface area contributed by atoms with Crippen LogP contribution in [-0.4, -0.2) is 20.4 Å². The van der Waals surface area contributed by atoms with E-state index in [9.17, 15) is 13.2 Å². The molecule has 5 N–H and O–H groups in total. The Morgan fingerprint density at radius 3 is 2.03 bits per heavy atom. The summed E-state index contributed by atoms with van der Waals surface area (Å²) >= 11 is 0. The standard InChI is InChI=1S/C23H25N3O3S/c1-16-8-10-19(11-9-16)22(18-6-4-3-5-7-18)25-17(2)23(27)26-20-12-14-21(15-13-20)30(24,28)29/h3-15,17,22,25H,1-2H3,(H,26,27)(H2,24,28,29)/p+1/t17-,22-/m0/s1. The second-order valence-corrected chi connectivity index (χ2v) is 8.90. The summed E-state index contributed by atoms with van der Waals surface area (Å²) in [4.78, 5) is 12.8. The minimum Gasteiger partial charge on any atom is -0.326 e. The molecule has 0 unspecified atom stereocenters. The van der Waals surface area contributed by atoms with Gasteiger partial charge in [0.2, 0.25) is 10.0 Å². The Hall–Kier alpha value is -3.00. The van der Waals surface area contributed by atoms with E-state index >= 15 is 0 Å². The zero-order valence-electron chi connectivity index (χ0n) is 16.9. The second-order valence-electron chi connectivity index (χ2n) is 7.34. The van der Waals surface area contributed by atoms with E-state index in [1.165, 1.54) is 29.8 Å². The Labute approximate surface area is 177 Å². The van der Waals surface area contributed by atoms with Crippen molar-refractivity contribution in [1.29, 1.82) is 0 Å². The molecule has 3 rings (SSSR count). The molecule has 30 heavy (non-hydrogen) atoms. The molecule has 6 nitrogen and oxygen atoms in total. The molecule has 0 heterocycles. The third kappa shape index (κ3) is 5.54. The van der Waals surface area contributed by atoms with Gasteiger partial charge in [-0.15, -0.1) is 0 Å². The van der Waals surface area contributed by atoms with Gasteiger partial charge in [0.15, 0.2) is 6.04 Å². The van der Waals surface area contributed by atoms with Gasteiger partial charge in [0.1, 0.15) is 6.04 Å². The number of carbonyl (C=O) groups is 1. The zero-order chi connectivity index (χ0) is 21.7. The van der Waals surface area contributed by atoms with Crippen LogP contribution < -0.4 is 15.8 Å². The number of carbonyl (C=O) groups excluding carboxylic acids is 1. The van der Waals surface area contributed by atoms with Crippen molar-refractivity contribution in [2.45, 2.75) is 30.8 Å². The summed E-state index contributed by atoms with van der Waals surface area (Å²) in [5.74, 6) is -0.175. The first-order valence-corrected chi connectivity index (χ1v) is 11.2. The van der Waals surface area contributed by atoms with Crippen LogP contribution in [0.4, 0.5) is 5.69 Å². The first-order valence-electron chi connectivity index (χ1n) is 9.64. The molecule has 0 aromatic heterocycles. The van der Waals surface area contributed by atoms with Crippen molar-refractivity contribution in [3.63, 3.8) is 0 Å². The molecule has 0 radical (unpaired) electrons. The maximum absolute atomic E-state index is 12.8. The molecule has 2 atom stereocenters. The number of anilines is 1. The normalized spacial score (nSPS) is 13.4. The van der Waals surface area contributed by atoms with Gasteiger partial charge in [-0.1, -0.05) is 60.2 Å². The summed E-state index contributed by atoms with van der Waals surface area (Å²) in [6.45, 7) is 3.89. The van der Waals surface area contributed by atoms with Gasteiger partial charge in [-0.05, 0) is 38.1 Å². The molecule has 0 bridgehead atoms. The summed E-state index contributed by atoms with van der Waals surface area (Å²) in [6, 6.07) is 23.7. The summed E-state index contributed by atoms with van der Waals surface area (Å²) in [6.07, 6.45) is 0. The van der Waals surface area contributed by atoms with E-state index in [4.69, 9.17) is 5.14 Å². The number of sulfonamides is 1. The summed E-state index contributed by atoms with van der Waals surface area (Å²) < 4.78 is 22.7. The van der Waals surface area contributed by atoms with Crippen molar-refractivity contribution in [2.75, 3.05) is 5.32 Å². The molecule has 1 amide bonds. The molecule has 0 fully saturated rings. The fraction of sp³-hybridized carbons (Fsp3) is 0.174. The number of hydrogen-bond acceptors (Lipinski definition) is 3. The van der Waals surface area contributed by atoms with Crippen LogP contribution in [-0.2, 0) is 14.8 Å². The first-order chi connectivity index (χ1) is 14.2. The highest BCUT2D eigenvalue weighted by molar-refractivity contribution is 7.89. The Balaban J connectivity index is 1.75. The SMILES string of the molecule is Cc1ccc([C@@H]([NH2+][C@@H](C)C(=O)Nc2ccc(S(N)(=O)=O)cc2)c2ccccc2)cc1. The van der Waals surface area contributed by atoms with E-state index in [2.05, 4.69) is 41.7 Å². The van der Waals surface area contributed by atoms with Crippen LogP contribution >= 0.6 is 0 Å². The van der Waals surface area contributed by atoms with Crippen LogP contribution in [0.1, 0.15) is 29.7 Å². The maximum atomic E-state index is 12.8. The monoisotopic (exact) mass is 424 g/mol. The van der Waals surface area contributed by atoms with Crippen molar-refractivity contribution in [3.8, 4) is 0 Å². The number of rotatable bonds is 7. The number of nitrogens with two attached hydrogens (primary N) is 2. The number of benzene rings is 3. The lowest BCUT2D eigenvalue weighted by Crippen LogP contribution is -2.92. The molecule has 156 valence electrons. The van der Waals surface area contributed by atoms with E-state index in [0.29, 0.717) is 5.69 Å². The first kappa shape index (κ1) is 21.7. The van der Waals surface area contributed by atoms with Crippen LogP contribution in [0.25, 0.3) is 0 Å². The Bertz CT molecular complexity index is 1100. The molecule has 3 aromatic carbocycles. The van der Waals surface area contributed by atoms with Gasteiger partial charge in [0.25, 0.3) is 5.91 Å². The lowest BCUT2D eigenvalue weighted by atomic mass is 9.97. The van der Waals surface area contributed by atoms with Crippen molar-refractivity contribution in [2.24, 2.45) is 5.14 Å². The molecule has 0 aliphatic rings. The van der Waals surface area contributed by atoms with E-state index in [1.807, 2.05) is 37.4 Å². The molecule has 0 saturated carbocycles. The highest BCUT2D eigenvalue weighted by atomic mass is 32.2. The van der Waals surface area contributed by atoms with Crippen LogP contribution in [0.5, 0.6) is 0 Å². The van der Waals surface area contributed by atoms with Crippen LogP contribution in [0.15, 0.2) is 83.8 Å². The second kappa shape index (κ2) is 9.21. The van der Waals surface area contributed by atoms with Crippen molar-refractivity contribution >= 4 is 21.6 Å². The third-order valence-electron chi connectivity index (χ3n) is 4.94. The highest BCUT2D eigenvalue weighted by Crippen LogP contribution is 2.19. The Morgan fingerprint density at radius 2 is 1.47 bits per heavy atom. The molecular formula is C23H26N3O3S+. The maximum Gasteiger partial charge on any atom is 0.282 e. The smallest absolute Gasteiger partial charge is 0.282 e. The Morgan fingerprint density at radius 1 is 0.900 bits per heavy atom. The molecule has 0 aliphatic carbocycles. The summed E-state index contributed by atoms with van der Waals surface area (Å²) in [7, 11) is -3.76. The highest BCUT2D eigenvalue weighted by Gasteiger charge is 2.25. The average molecular weight is 425 g/mol. The molecule has 0 aliphatic heterocycles. The van der Waals surface area contributed by atoms with Crippen LogP contribution in [0, 0.1) is 6.92 Å². The largest absolute Gasteiger partial charge is 0.326 e. The number of amides is 1. The summed E-state index contributed by atoms with van der Waals surface area (Å²) in [5, 5.41) is 9.96. The van der Waals surface area contributed by atoms with Gasteiger partial charge in [-0.3, -0.25) is 4.79 Å².